The number of fused-ring (bicyclic) bond motifs is 2. The van der Waals surface area contributed by atoms with Crippen LogP contribution in [0.1, 0.15) is 62.5 Å². The van der Waals surface area contributed by atoms with Gasteiger partial charge in [0.05, 0.1) is 22.8 Å². The second kappa shape index (κ2) is 6.97. The first-order valence-electron chi connectivity index (χ1n) is 10.3. The summed E-state index contributed by atoms with van der Waals surface area (Å²) in [5.74, 6) is 2.01. The van der Waals surface area contributed by atoms with Crippen LogP contribution in [0.4, 0.5) is 5.95 Å². The van der Waals surface area contributed by atoms with E-state index in [4.69, 9.17) is 4.98 Å². The average Bonchev–Trinajstić information content (AvgIpc) is 3.23. The number of sulfone groups is 1. The third-order valence-electron chi connectivity index (χ3n) is 6.41. The van der Waals surface area contributed by atoms with Gasteiger partial charge in [0.25, 0.3) is 5.91 Å². The second-order valence-electron chi connectivity index (χ2n) is 9.58. The Labute approximate surface area is 167 Å². The molecule has 1 aromatic rings. The molecule has 2 saturated carbocycles. The minimum atomic E-state index is -3.03. The highest BCUT2D eigenvalue weighted by atomic mass is 32.2. The lowest BCUT2D eigenvalue weighted by atomic mass is 9.88. The molecule has 154 valence electrons. The number of rotatable bonds is 3. The molecule has 1 aromatic heterocycles. The van der Waals surface area contributed by atoms with Crippen molar-refractivity contribution in [3.63, 3.8) is 0 Å². The summed E-state index contributed by atoms with van der Waals surface area (Å²) in [6, 6.07) is 0.431. The van der Waals surface area contributed by atoms with E-state index in [1.54, 1.807) is 11.1 Å². The molecule has 28 heavy (non-hydrogen) atoms. The lowest BCUT2D eigenvalue weighted by molar-refractivity contribution is 0.0766. The molecule has 1 N–H and O–H groups in total. The molecule has 0 radical (unpaired) electrons. The summed E-state index contributed by atoms with van der Waals surface area (Å²) in [7, 11) is -3.03. The van der Waals surface area contributed by atoms with Gasteiger partial charge in [-0.25, -0.2) is 18.4 Å². The van der Waals surface area contributed by atoms with Gasteiger partial charge in [-0.15, -0.1) is 0 Å². The predicted octanol–water partition coefficient (Wildman–Crippen LogP) is 2.25. The van der Waals surface area contributed by atoms with Crippen molar-refractivity contribution in [1.82, 2.24) is 14.9 Å². The molecule has 0 spiro atoms. The number of amides is 1. The van der Waals surface area contributed by atoms with Gasteiger partial charge in [0.1, 0.15) is 0 Å². The van der Waals surface area contributed by atoms with Gasteiger partial charge in [-0.3, -0.25) is 4.79 Å². The van der Waals surface area contributed by atoms with Gasteiger partial charge in [0, 0.05) is 30.7 Å². The van der Waals surface area contributed by atoms with Crippen LogP contribution in [0.15, 0.2) is 6.20 Å². The maximum atomic E-state index is 13.1. The molecule has 2 bridgehead atoms. The van der Waals surface area contributed by atoms with E-state index < -0.39 is 9.84 Å². The lowest BCUT2D eigenvalue weighted by Gasteiger charge is -2.29. The SMILES string of the molecule is CC(C)(C)c1nc(N[C@@H]2C[C@@H]3CC[C@H]2C3)ncc1C(=O)N1CCS(=O)(=O)CC1. The molecular formula is C20H30N4O3S. The first kappa shape index (κ1) is 19.6. The number of carbonyl (C=O) groups excluding carboxylic acids is 1. The number of nitrogens with one attached hydrogen (secondary N) is 1. The Hall–Kier alpha value is -1.70. The smallest absolute Gasteiger partial charge is 0.257 e. The van der Waals surface area contributed by atoms with Crippen molar-refractivity contribution in [2.45, 2.75) is 57.9 Å². The summed E-state index contributed by atoms with van der Waals surface area (Å²) in [4.78, 5) is 23.9. The summed E-state index contributed by atoms with van der Waals surface area (Å²) < 4.78 is 23.3. The predicted molar refractivity (Wildman–Crippen MR) is 108 cm³/mol. The Morgan fingerprint density at radius 3 is 2.46 bits per heavy atom. The van der Waals surface area contributed by atoms with E-state index >= 15 is 0 Å². The molecule has 4 rings (SSSR count). The number of anilines is 1. The van der Waals surface area contributed by atoms with Crippen LogP contribution in [-0.2, 0) is 15.3 Å². The zero-order chi connectivity index (χ0) is 20.1. The number of carbonyl (C=O) groups is 1. The number of hydrogen-bond acceptors (Lipinski definition) is 6. The molecule has 3 aliphatic rings. The summed E-state index contributed by atoms with van der Waals surface area (Å²) in [5, 5.41) is 3.51. The van der Waals surface area contributed by atoms with Crippen LogP contribution in [0.5, 0.6) is 0 Å². The van der Waals surface area contributed by atoms with Crippen molar-refractivity contribution in [2.75, 3.05) is 29.9 Å². The fourth-order valence-electron chi connectivity index (χ4n) is 4.85. The topological polar surface area (TPSA) is 92.3 Å². The number of aromatic nitrogens is 2. The van der Waals surface area contributed by atoms with Gasteiger partial charge in [0.15, 0.2) is 9.84 Å². The summed E-state index contributed by atoms with van der Waals surface area (Å²) in [5.41, 5.74) is 0.873. The van der Waals surface area contributed by atoms with Gasteiger partial charge in [-0.1, -0.05) is 27.2 Å². The maximum absolute atomic E-state index is 13.1. The summed E-state index contributed by atoms with van der Waals surface area (Å²) >= 11 is 0. The van der Waals surface area contributed by atoms with Crippen molar-refractivity contribution < 1.29 is 13.2 Å². The van der Waals surface area contributed by atoms with Crippen molar-refractivity contribution >= 4 is 21.7 Å². The van der Waals surface area contributed by atoms with Gasteiger partial charge >= 0.3 is 0 Å². The Kier molecular flexibility index (Phi) is 4.88. The largest absolute Gasteiger partial charge is 0.351 e. The Bertz CT molecular complexity index is 864. The second-order valence-corrected chi connectivity index (χ2v) is 11.9. The molecule has 1 aliphatic heterocycles. The Morgan fingerprint density at radius 1 is 1.18 bits per heavy atom. The van der Waals surface area contributed by atoms with Crippen molar-refractivity contribution in [2.24, 2.45) is 11.8 Å². The Balaban J connectivity index is 1.56. The van der Waals surface area contributed by atoms with E-state index in [-0.39, 0.29) is 35.9 Å². The van der Waals surface area contributed by atoms with Crippen LogP contribution in [0.3, 0.4) is 0 Å². The number of hydrogen-bond donors (Lipinski definition) is 1. The minimum absolute atomic E-state index is 0.0221. The normalized spacial score (nSPS) is 29.1. The zero-order valence-electron chi connectivity index (χ0n) is 16.9. The average molecular weight is 407 g/mol. The molecular weight excluding hydrogens is 376 g/mol. The monoisotopic (exact) mass is 406 g/mol. The molecule has 1 amide bonds. The first-order chi connectivity index (χ1) is 13.1. The zero-order valence-corrected chi connectivity index (χ0v) is 17.8. The van der Waals surface area contributed by atoms with Crippen LogP contribution in [-0.4, -0.2) is 59.8 Å². The quantitative estimate of drug-likeness (QED) is 0.828. The van der Waals surface area contributed by atoms with Crippen LogP contribution < -0.4 is 5.32 Å². The highest BCUT2D eigenvalue weighted by molar-refractivity contribution is 7.91. The summed E-state index contributed by atoms with van der Waals surface area (Å²) in [6.45, 7) is 6.57. The van der Waals surface area contributed by atoms with Crippen LogP contribution in [0, 0.1) is 11.8 Å². The molecule has 2 aliphatic carbocycles. The highest BCUT2D eigenvalue weighted by Gasteiger charge is 2.40. The molecule has 8 heteroatoms. The minimum Gasteiger partial charge on any atom is -0.351 e. The van der Waals surface area contributed by atoms with Gasteiger partial charge < -0.3 is 10.2 Å². The fraction of sp³-hybridized carbons (Fsp3) is 0.750. The molecule has 7 nitrogen and oxygen atoms in total. The lowest BCUT2D eigenvalue weighted by Crippen LogP contribution is -2.44. The van der Waals surface area contributed by atoms with Crippen LogP contribution in [0.25, 0.3) is 0 Å². The van der Waals surface area contributed by atoms with E-state index in [2.05, 4.69) is 10.3 Å². The molecule has 0 aromatic carbocycles. The van der Waals surface area contributed by atoms with E-state index in [1.165, 1.54) is 25.7 Å². The molecule has 3 atom stereocenters. The van der Waals surface area contributed by atoms with Crippen molar-refractivity contribution in [3.05, 3.63) is 17.5 Å². The van der Waals surface area contributed by atoms with Crippen LogP contribution in [0.2, 0.25) is 0 Å². The third kappa shape index (κ3) is 3.88. The molecule has 3 fully saturated rings. The number of nitrogens with zero attached hydrogens (tertiary/aromatic N) is 3. The first-order valence-corrected chi connectivity index (χ1v) is 12.1. The third-order valence-corrected chi connectivity index (χ3v) is 8.02. The van der Waals surface area contributed by atoms with Gasteiger partial charge in [-0.2, -0.15) is 0 Å². The van der Waals surface area contributed by atoms with E-state index in [0.717, 1.165) is 5.92 Å². The molecule has 0 unspecified atom stereocenters. The highest BCUT2D eigenvalue weighted by Crippen LogP contribution is 2.45. The van der Waals surface area contributed by atoms with Gasteiger partial charge in [0.2, 0.25) is 5.95 Å². The summed E-state index contributed by atoms with van der Waals surface area (Å²) in [6.07, 6.45) is 6.73. The van der Waals surface area contributed by atoms with Crippen molar-refractivity contribution in [3.8, 4) is 0 Å². The van der Waals surface area contributed by atoms with E-state index in [0.29, 0.717) is 29.2 Å². The maximum Gasteiger partial charge on any atom is 0.257 e. The van der Waals surface area contributed by atoms with E-state index in [1.807, 2.05) is 20.8 Å². The van der Waals surface area contributed by atoms with Crippen molar-refractivity contribution in [1.29, 1.82) is 0 Å². The fourth-order valence-corrected chi connectivity index (χ4v) is 6.05. The standard InChI is InChI=1S/C20H30N4O3S/c1-20(2,3)17-15(18(25)24-6-8-28(26,27)9-7-24)12-21-19(23-17)22-16-11-13-4-5-14(16)10-13/h12-14,16H,4-11H2,1-3H3,(H,21,22,23)/t13-,14+,16-/m1/s1. The Morgan fingerprint density at radius 2 is 1.89 bits per heavy atom. The van der Waals surface area contributed by atoms with Gasteiger partial charge in [-0.05, 0) is 31.1 Å². The molecule has 1 saturated heterocycles. The molecule has 2 heterocycles. The van der Waals surface area contributed by atoms with Crippen LogP contribution >= 0.6 is 0 Å². The van der Waals surface area contributed by atoms with E-state index in [9.17, 15) is 13.2 Å².